The van der Waals surface area contributed by atoms with Crippen molar-refractivity contribution in [3.8, 4) is 11.8 Å². The maximum absolute atomic E-state index is 11.0. The minimum absolute atomic E-state index is 0.242. The summed E-state index contributed by atoms with van der Waals surface area (Å²) in [6, 6.07) is 20.0. The maximum Gasteiger partial charge on any atom is 0.335 e. The Hall–Kier alpha value is -2.09. The van der Waals surface area contributed by atoms with Crippen LogP contribution in [0, 0.1) is 18.5 Å². The van der Waals surface area contributed by atoms with Gasteiger partial charge in [-0.3, -0.25) is 0 Å². The first-order chi connectivity index (χ1) is 14.4. The number of rotatable bonds is 6. The lowest BCUT2D eigenvalue weighted by Gasteiger charge is -2.12. The minimum Gasteiger partial charge on any atom is -0.487 e. The van der Waals surface area contributed by atoms with E-state index >= 15 is 0 Å². The summed E-state index contributed by atoms with van der Waals surface area (Å²) in [6.45, 7) is 0.324. The first kappa shape index (κ1) is 22.6. The van der Waals surface area contributed by atoms with Crippen molar-refractivity contribution in [3.05, 3.63) is 95.1 Å². The minimum atomic E-state index is -0.955. The molecule has 0 amide bonds. The van der Waals surface area contributed by atoms with Gasteiger partial charge in [-0.05, 0) is 92.7 Å². The number of nitriles is 1. The van der Waals surface area contributed by atoms with Gasteiger partial charge in [0.1, 0.15) is 12.4 Å². The van der Waals surface area contributed by atoms with Gasteiger partial charge in [0.15, 0.2) is 0 Å². The molecule has 3 aromatic carbocycles. The highest BCUT2D eigenvalue weighted by atomic mass is 127. The quantitative estimate of drug-likeness (QED) is 0.181. The Morgan fingerprint density at radius 1 is 1.10 bits per heavy atom. The Bertz CT molecular complexity index is 1140. The van der Waals surface area contributed by atoms with E-state index in [1.165, 1.54) is 0 Å². The summed E-state index contributed by atoms with van der Waals surface area (Å²) < 4.78 is 7.79. The molecule has 0 heterocycles. The zero-order chi connectivity index (χ0) is 21.7. The Balaban J connectivity index is 1.82. The number of nitrogens with zero attached hydrogens (tertiary/aromatic N) is 1. The Morgan fingerprint density at radius 2 is 1.73 bits per heavy atom. The van der Waals surface area contributed by atoms with Gasteiger partial charge in [-0.15, -0.1) is 0 Å². The Labute approximate surface area is 206 Å². The topological polar surface area (TPSA) is 70.3 Å². The fourth-order valence-corrected chi connectivity index (χ4v) is 5.08. The van der Waals surface area contributed by atoms with Crippen LogP contribution in [-0.2, 0) is 6.61 Å². The predicted octanol–water partition coefficient (Wildman–Crippen LogP) is 6.89. The van der Waals surface area contributed by atoms with E-state index in [-0.39, 0.29) is 5.56 Å². The molecule has 0 saturated heterocycles. The van der Waals surface area contributed by atoms with E-state index in [1.54, 1.807) is 36.4 Å². The molecule has 150 valence electrons. The van der Waals surface area contributed by atoms with Crippen molar-refractivity contribution in [3.63, 3.8) is 0 Å². The number of allylic oxidation sites excluding steroid dienone is 1. The SMILES string of the molecule is N#CC(=Cc1cc(I)c(OCc2ccc(C(=O)O)cc2)c(I)c1)c1ccccc1Cl. The van der Waals surface area contributed by atoms with E-state index < -0.39 is 5.97 Å². The van der Waals surface area contributed by atoms with Gasteiger partial charge in [0, 0.05) is 10.6 Å². The largest absolute Gasteiger partial charge is 0.487 e. The highest BCUT2D eigenvalue weighted by Crippen LogP contribution is 2.32. The average molecular weight is 642 g/mol. The Kier molecular flexibility index (Phi) is 7.75. The normalized spacial score (nSPS) is 11.1. The summed E-state index contributed by atoms with van der Waals surface area (Å²) in [6.07, 6.45) is 1.81. The van der Waals surface area contributed by atoms with E-state index in [4.69, 9.17) is 21.4 Å². The van der Waals surface area contributed by atoms with Gasteiger partial charge in [0.25, 0.3) is 0 Å². The molecular weight excluding hydrogens is 628 g/mol. The highest BCUT2D eigenvalue weighted by molar-refractivity contribution is 14.1. The predicted molar refractivity (Wildman–Crippen MR) is 135 cm³/mol. The average Bonchev–Trinajstić information content (AvgIpc) is 2.72. The number of carboxylic acids is 1. The monoisotopic (exact) mass is 641 g/mol. The molecule has 7 heteroatoms. The summed E-state index contributed by atoms with van der Waals surface area (Å²) in [5.41, 5.74) is 3.17. The number of hydrogen-bond acceptors (Lipinski definition) is 3. The molecule has 0 aliphatic rings. The first-order valence-electron chi connectivity index (χ1n) is 8.70. The van der Waals surface area contributed by atoms with E-state index in [0.717, 1.165) is 24.0 Å². The van der Waals surface area contributed by atoms with Gasteiger partial charge in [-0.25, -0.2) is 4.79 Å². The number of ether oxygens (including phenoxy) is 1. The van der Waals surface area contributed by atoms with E-state index in [1.807, 2.05) is 30.3 Å². The van der Waals surface area contributed by atoms with Crippen LogP contribution in [0.3, 0.4) is 0 Å². The third-order valence-corrected chi connectivity index (χ3v) is 6.13. The molecule has 3 rings (SSSR count). The molecule has 0 aliphatic heterocycles. The van der Waals surface area contributed by atoms with Crippen molar-refractivity contribution in [2.45, 2.75) is 6.61 Å². The molecule has 0 aliphatic carbocycles. The van der Waals surface area contributed by atoms with Crippen molar-refractivity contribution in [1.82, 2.24) is 0 Å². The van der Waals surface area contributed by atoms with Crippen molar-refractivity contribution >= 4 is 74.4 Å². The molecule has 0 fully saturated rings. The third-order valence-electron chi connectivity index (χ3n) is 4.20. The van der Waals surface area contributed by atoms with Crippen molar-refractivity contribution in [2.75, 3.05) is 0 Å². The van der Waals surface area contributed by atoms with Gasteiger partial charge in [0.05, 0.1) is 24.3 Å². The molecule has 0 spiro atoms. The second-order valence-corrected chi connectivity index (χ2v) is 8.99. The molecule has 4 nitrogen and oxygen atoms in total. The second kappa shape index (κ2) is 10.3. The molecule has 0 saturated carbocycles. The number of aromatic carboxylic acids is 1. The molecule has 30 heavy (non-hydrogen) atoms. The van der Waals surface area contributed by atoms with Crippen molar-refractivity contribution in [1.29, 1.82) is 5.26 Å². The molecule has 0 bridgehead atoms. The van der Waals surface area contributed by atoms with Gasteiger partial charge in [-0.1, -0.05) is 41.9 Å². The summed E-state index contributed by atoms with van der Waals surface area (Å²) in [7, 11) is 0. The molecule has 0 atom stereocenters. The van der Waals surface area contributed by atoms with Crippen LogP contribution in [0.15, 0.2) is 60.7 Å². The fourth-order valence-electron chi connectivity index (χ4n) is 2.72. The molecule has 3 aromatic rings. The highest BCUT2D eigenvalue weighted by Gasteiger charge is 2.11. The van der Waals surface area contributed by atoms with Gasteiger partial charge in [-0.2, -0.15) is 5.26 Å². The van der Waals surface area contributed by atoms with Crippen molar-refractivity contribution in [2.24, 2.45) is 0 Å². The van der Waals surface area contributed by atoms with Crippen LogP contribution in [0.25, 0.3) is 11.6 Å². The van der Waals surface area contributed by atoms with Crippen LogP contribution in [0.5, 0.6) is 5.75 Å². The summed E-state index contributed by atoms with van der Waals surface area (Å²) in [4.78, 5) is 11.0. The van der Waals surface area contributed by atoms with Gasteiger partial charge < -0.3 is 9.84 Å². The third kappa shape index (κ3) is 5.53. The smallest absolute Gasteiger partial charge is 0.335 e. The van der Waals surface area contributed by atoms with Crippen LogP contribution in [0.2, 0.25) is 5.02 Å². The van der Waals surface area contributed by atoms with Crippen LogP contribution in [0.1, 0.15) is 27.0 Å². The van der Waals surface area contributed by atoms with Crippen LogP contribution < -0.4 is 4.74 Å². The number of carboxylic acid groups (broad SMARTS) is 1. The lowest BCUT2D eigenvalue weighted by atomic mass is 10.0. The van der Waals surface area contributed by atoms with Gasteiger partial charge in [0.2, 0.25) is 0 Å². The molecule has 0 radical (unpaired) electrons. The fraction of sp³-hybridized carbons (Fsp3) is 0.0435. The zero-order valence-corrected chi connectivity index (χ0v) is 20.5. The summed E-state index contributed by atoms with van der Waals surface area (Å²) >= 11 is 10.6. The van der Waals surface area contributed by atoms with Crippen molar-refractivity contribution < 1.29 is 14.6 Å². The van der Waals surface area contributed by atoms with E-state index in [9.17, 15) is 10.1 Å². The van der Waals surface area contributed by atoms with E-state index in [2.05, 4.69) is 51.3 Å². The van der Waals surface area contributed by atoms with E-state index in [0.29, 0.717) is 22.8 Å². The van der Waals surface area contributed by atoms with Crippen LogP contribution in [0.4, 0.5) is 0 Å². The van der Waals surface area contributed by atoms with Crippen LogP contribution in [-0.4, -0.2) is 11.1 Å². The number of benzene rings is 3. The van der Waals surface area contributed by atoms with Gasteiger partial charge >= 0.3 is 5.97 Å². The lowest BCUT2D eigenvalue weighted by molar-refractivity contribution is 0.0697. The second-order valence-electron chi connectivity index (χ2n) is 6.25. The lowest BCUT2D eigenvalue weighted by Crippen LogP contribution is -2.01. The number of halogens is 3. The molecule has 1 N–H and O–H groups in total. The first-order valence-corrected chi connectivity index (χ1v) is 11.2. The Morgan fingerprint density at radius 3 is 2.30 bits per heavy atom. The number of hydrogen-bond donors (Lipinski definition) is 1. The maximum atomic E-state index is 11.0. The summed E-state index contributed by atoms with van der Waals surface area (Å²) in [5.74, 6) is -0.212. The number of carbonyl (C=O) groups is 1. The molecular formula is C23H14ClI2NO3. The zero-order valence-electron chi connectivity index (χ0n) is 15.4. The standard InChI is InChI=1S/C23H14ClI2NO3/c24-19-4-2-1-3-18(19)17(12-27)9-15-10-20(25)22(21(26)11-15)30-13-14-5-7-16(8-6-14)23(28)29/h1-11H,13H2,(H,28,29). The van der Waals surface area contributed by atoms with Crippen LogP contribution >= 0.6 is 56.8 Å². The molecule has 0 aromatic heterocycles. The summed E-state index contributed by atoms with van der Waals surface area (Å²) in [5, 5.41) is 19.1. The molecule has 0 unspecified atom stereocenters.